The molecule has 2 heterocycles. The van der Waals surface area contributed by atoms with Crippen LogP contribution in [0.1, 0.15) is 32.8 Å². The van der Waals surface area contributed by atoms with Gasteiger partial charge < -0.3 is 10.6 Å². The molecule has 0 spiro atoms. The lowest BCUT2D eigenvalue weighted by molar-refractivity contribution is -0.133. The van der Waals surface area contributed by atoms with Gasteiger partial charge in [-0.2, -0.15) is 11.3 Å². The Morgan fingerprint density at radius 2 is 2.00 bits per heavy atom. The first-order valence-corrected chi connectivity index (χ1v) is 8.57. The molecule has 1 fully saturated rings. The maximum Gasteiger partial charge on any atom is 0.224 e. The fraction of sp³-hybridized carbons (Fsp3) is 0.688. The van der Waals surface area contributed by atoms with Crippen molar-refractivity contribution in [3.8, 4) is 0 Å². The van der Waals surface area contributed by atoms with E-state index in [1.807, 2.05) is 4.90 Å². The minimum atomic E-state index is -0.0752. The first-order valence-electron chi connectivity index (χ1n) is 7.63. The number of nitrogens with zero attached hydrogens (tertiary/aromatic N) is 2. The van der Waals surface area contributed by atoms with Crippen molar-refractivity contribution in [2.45, 2.75) is 39.8 Å². The molecule has 0 aliphatic carbocycles. The molecular weight excluding hydrogens is 282 g/mol. The number of amides is 1. The number of carbonyl (C=O) groups excluding carboxylic acids is 1. The first kappa shape index (κ1) is 16.5. The predicted octanol–water partition coefficient (Wildman–Crippen LogP) is 2.16. The summed E-state index contributed by atoms with van der Waals surface area (Å²) >= 11 is 1.74. The zero-order valence-corrected chi connectivity index (χ0v) is 14.2. The molecule has 0 bridgehead atoms. The van der Waals surface area contributed by atoms with Gasteiger partial charge in [0.1, 0.15) is 0 Å². The summed E-state index contributed by atoms with van der Waals surface area (Å²) in [5.74, 6) is 0.201. The van der Waals surface area contributed by atoms with E-state index < -0.39 is 0 Å². The van der Waals surface area contributed by atoms with Crippen molar-refractivity contribution in [2.75, 3.05) is 26.2 Å². The molecule has 5 heteroatoms. The van der Waals surface area contributed by atoms with Crippen molar-refractivity contribution in [1.82, 2.24) is 9.80 Å². The largest absolute Gasteiger partial charge is 0.340 e. The highest BCUT2D eigenvalue weighted by molar-refractivity contribution is 7.07. The van der Waals surface area contributed by atoms with Crippen LogP contribution in [0.4, 0.5) is 0 Å². The van der Waals surface area contributed by atoms with Gasteiger partial charge in [-0.05, 0) is 27.8 Å². The Morgan fingerprint density at radius 3 is 2.52 bits per heavy atom. The van der Waals surface area contributed by atoms with E-state index in [0.717, 1.165) is 32.7 Å². The quantitative estimate of drug-likeness (QED) is 0.927. The average molecular weight is 309 g/mol. The highest BCUT2D eigenvalue weighted by Gasteiger charge is 2.27. The van der Waals surface area contributed by atoms with Gasteiger partial charge in [0.05, 0.1) is 0 Å². The van der Waals surface area contributed by atoms with E-state index in [-0.39, 0.29) is 17.4 Å². The fourth-order valence-corrected chi connectivity index (χ4v) is 3.08. The van der Waals surface area contributed by atoms with Crippen LogP contribution in [0.25, 0.3) is 0 Å². The van der Waals surface area contributed by atoms with Gasteiger partial charge in [0.25, 0.3) is 0 Å². The van der Waals surface area contributed by atoms with Crippen LogP contribution in [0.2, 0.25) is 0 Å². The third-order valence-corrected chi connectivity index (χ3v) is 4.95. The summed E-state index contributed by atoms with van der Waals surface area (Å²) in [5, 5.41) is 4.31. The minimum absolute atomic E-state index is 0.0174. The molecule has 1 saturated heterocycles. The summed E-state index contributed by atoms with van der Waals surface area (Å²) in [6.07, 6.45) is 0.452. The van der Waals surface area contributed by atoms with Gasteiger partial charge in [0, 0.05) is 45.2 Å². The zero-order chi connectivity index (χ0) is 15.5. The number of carbonyl (C=O) groups is 1. The second-order valence-corrected chi connectivity index (χ2v) is 7.75. The van der Waals surface area contributed by atoms with E-state index in [9.17, 15) is 4.79 Å². The average Bonchev–Trinajstić information content (AvgIpc) is 2.91. The van der Waals surface area contributed by atoms with Crippen LogP contribution in [-0.4, -0.2) is 47.9 Å². The zero-order valence-electron chi connectivity index (χ0n) is 13.3. The van der Waals surface area contributed by atoms with Crippen LogP contribution in [0.3, 0.4) is 0 Å². The highest BCUT2D eigenvalue weighted by Crippen LogP contribution is 2.21. The van der Waals surface area contributed by atoms with Gasteiger partial charge in [-0.3, -0.25) is 9.69 Å². The summed E-state index contributed by atoms with van der Waals surface area (Å²) in [7, 11) is 0. The number of thiophene rings is 1. The molecule has 1 aromatic heterocycles. The maximum atomic E-state index is 12.3. The van der Waals surface area contributed by atoms with Crippen molar-refractivity contribution < 1.29 is 4.79 Å². The normalized spacial score (nSPS) is 18.8. The molecule has 0 saturated carbocycles. The molecule has 1 amide bonds. The third-order valence-electron chi connectivity index (χ3n) is 4.22. The second kappa shape index (κ2) is 6.90. The van der Waals surface area contributed by atoms with Gasteiger partial charge in [0.15, 0.2) is 0 Å². The second-order valence-electron chi connectivity index (χ2n) is 6.97. The number of hydrogen-bond donors (Lipinski definition) is 1. The summed E-state index contributed by atoms with van der Waals surface area (Å²) < 4.78 is 0. The first-order chi connectivity index (χ1) is 9.86. The third kappa shape index (κ3) is 4.80. The monoisotopic (exact) mass is 309 g/mol. The van der Waals surface area contributed by atoms with E-state index in [0.29, 0.717) is 6.42 Å². The van der Waals surface area contributed by atoms with Crippen LogP contribution in [0.15, 0.2) is 16.8 Å². The van der Waals surface area contributed by atoms with Crippen molar-refractivity contribution in [3.63, 3.8) is 0 Å². The van der Waals surface area contributed by atoms with Crippen molar-refractivity contribution >= 4 is 17.2 Å². The fourth-order valence-electron chi connectivity index (χ4n) is 2.42. The molecule has 21 heavy (non-hydrogen) atoms. The Kier molecular flexibility index (Phi) is 5.41. The van der Waals surface area contributed by atoms with Crippen LogP contribution in [-0.2, 0) is 11.3 Å². The Labute approximate surface area is 131 Å². The summed E-state index contributed by atoms with van der Waals surface area (Å²) in [6, 6.07) is 2.10. The van der Waals surface area contributed by atoms with Gasteiger partial charge >= 0.3 is 0 Å². The topological polar surface area (TPSA) is 49.6 Å². The molecule has 118 valence electrons. The molecule has 1 aliphatic rings. The molecule has 2 rings (SSSR count). The minimum Gasteiger partial charge on any atom is -0.340 e. The molecule has 1 unspecified atom stereocenters. The maximum absolute atomic E-state index is 12.3. The van der Waals surface area contributed by atoms with Crippen molar-refractivity contribution in [3.05, 3.63) is 22.4 Å². The molecule has 0 aromatic carbocycles. The summed E-state index contributed by atoms with van der Waals surface area (Å²) in [6.45, 7) is 10.8. The van der Waals surface area contributed by atoms with E-state index in [1.54, 1.807) is 11.3 Å². The lowest BCUT2D eigenvalue weighted by Crippen LogP contribution is -2.50. The predicted molar refractivity (Wildman–Crippen MR) is 88.2 cm³/mol. The summed E-state index contributed by atoms with van der Waals surface area (Å²) in [4.78, 5) is 16.7. The Hall–Kier alpha value is -0.910. The molecule has 1 aromatic rings. The molecule has 1 aliphatic heterocycles. The summed E-state index contributed by atoms with van der Waals surface area (Å²) in [5.41, 5.74) is 7.47. The Morgan fingerprint density at radius 1 is 1.33 bits per heavy atom. The van der Waals surface area contributed by atoms with E-state index in [4.69, 9.17) is 5.73 Å². The van der Waals surface area contributed by atoms with E-state index >= 15 is 0 Å². The van der Waals surface area contributed by atoms with Gasteiger partial charge in [-0.15, -0.1) is 0 Å². The smallest absolute Gasteiger partial charge is 0.224 e. The lowest BCUT2D eigenvalue weighted by atomic mass is 9.85. The molecule has 4 nitrogen and oxygen atoms in total. The number of rotatable bonds is 4. The van der Waals surface area contributed by atoms with E-state index in [2.05, 4.69) is 42.5 Å². The lowest BCUT2D eigenvalue weighted by Gasteiger charge is -2.36. The van der Waals surface area contributed by atoms with Crippen LogP contribution < -0.4 is 5.73 Å². The number of piperazine rings is 1. The Bertz CT molecular complexity index is 445. The highest BCUT2D eigenvalue weighted by atomic mass is 32.1. The number of nitrogens with two attached hydrogens (primary N) is 1. The van der Waals surface area contributed by atoms with Gasteiger partial charge in [-0.1, -0.05) is 20.8 Å². The molecule has 1 atom stereocenters. The van der Waals surface area contributed by atoms with Gasteiger partial charge in [-0.25, -0.2) is 0 Å². The van der Waals surface area contributed by atoms with Crippen molar-refractivity contribution in [1.29, 1.82) is 0 Å². The van der Waals surface area contributed by atoms with Crippen LogP contribution in [0.5, 0.6) is 0 Å². The van der Waals surface area contributed by atoms with Crippen LogP contribution >= 0.6 is 11.3 Å². The number of hydrogen-bond acceptors (Lipinski definition) is 4. The Balaban J connectivity index is 1.77. The molecule has 2 N–H and O–H groups in total. The molecule has 0 radical (unpaired) electrons. The SMILES string of the molecule is CC(C)(C)C(N)CC(=O)N1CCN(Cc2ccsc2)CC1. The van der Waals surface area contributed by atoms with Crippen LogP contribution in [0, 0.1) is 5.41 Å². The van der Waals surface area contributed by atoms with Gasteiger partial charge in [0.2, 0.25) is 5.91 Å². The molecular formula is C16H27N3OS. The standard InChI is InChI=1S/C16H27N3OS/c1-16(2,3)14(17)10-15(20)19-7-5-18(6-8-19)11-13-4-9-21-12-13/h4,9,12,14H,5-8,10-11,17H2,1-3H3. The van der Waals surface area contributed by atoms with E-state index in [1.165, 1.54) is 5.56 Å². The van der Waals surface area contributed by atoms with Crippen molar-refractivity contribution in [2.24, 2.45) is 11.1 Å².